The van der Waals surface area contributed by atoms with Crippen LogP contribution < -0.4 is 0 Å². The summed E-state index contributed by atoms with van der Waals surface area (Å²) in [5.74, 6) is 0.0873. The molecule has 1 amide bonds. The van der Waals surface area contributed by atoms with Crippen molar-refractivity contribution >= 4 is 21.6 Å². The van der Waals surface area contributed by atoms with Gasteiger partial charge in [0.05, 0.1) is 17.9 Å². The minimum Gasteiger partial charge on any atom is -0.340 e. The Hall–Kier alpha value is -1.93. The number of sulfonamides is 1. The van der Waals surface area contributed by atoms with Gasteiger partial charge in [-0.3, -0.25) is 4.79 Å². The zero-order valence-corrected chi connectivity index (χ0v) is 13.9. The van der Waals surface area contributed by atoms with Crippen molar-refractivity contribution in [2.75, 3.05) is 31.9 Å². The average molecular weight is 336 g/mol. The molecule has 7 nitrogen and oxygen atoms in total. The summed E-state index contributed by atoms with van der Waals surface area (Å²) >= 11 is 0. The second-order valence-electron chi connectivity index (χ2n) is 5.56. The summed E-state index contributed by atoms with van der Waals surface area (Å²) in [4.78, 5) is 18.5. The number of carbonyl (C=O) groups excluding carboxylic acids is 1. The monoisotopic (exact) mass is 336 g/mol. The van der Waals surface area contributed by atoms with E-state index in [1.165, 1.54) is 4.31 Å². The normalized spacial score (nSPS) is 16.8. The number of amides is 1. The summed E-state index contributed by atoms with van der Waals surface area (Å²) in [7, 11) is -3.17. The fraction of sp³-hybridized carbons (Fsp3) is 0.467. The van der Waals surface area contributed by atoms with E-state index in [2.05, 4.69) is 4.98 Å². The van der Waals surface area contributed by atoms with E-state index in [1.54, 1.807) is 11.8 Å². The Kier molecular flexibility index (Phi) is 4.36. The van der Waals surface area contributed by atoms with E-state index >= 15 is 0 Å². The summed E-state index contributed by atoms with van der Waals surface area (Å²) in [6, 6.07) is 5.71. The van der Waals surface area contributed by atoms with Gasteiger partial charge in [0.15, 0.2) is 0 Å². The van der Waals surface area contributed by atoms with Crippen LogP contribution in [0.3, 0.4) is 0 Å². The molecule has 0 bridgehead atoms. The van der Waals surface area contributed by atoms with E-state index in [9.17, 15) is 13.2 Å². The molecule has 23 heavy (non-hydrogen) atoms. The van der Waals surface area contributed by atoms with Gasteiger partial charge in [-0.2, -0.15) is 4.31 Å². The maximum atomic E-state index is 12.4. The highest BCUT2D eigenvalue weighted by molar-refractivity contribution is 7.89. The van der Waals surface area contributed by atoms with Crippen LogP contribution in [-0.2, 0) is 21.2 Å². The molecule has 0 aliphatic carbocycles. The summed E-state index contributed by atoms with van der Waals surface area (Å²) in [5.41, 5.74) is 1.54. The van der Waals surface area contributed by atoms with Crippen molar-refractivity contribution in [1.82, 2.24) is 18.6 Å². The summed E-state index contributed by atoms with van der Waals surface area (Å²) in [5, 5.41) is 0. The van der Waals surface area contributed by atoms with Crippen LogP contribution in [0.25, 0.3) is 5.65 Å². The molecular weight excluding hydrogens is 316 g/mol. The third-order valence-corrected chi connectivity index (χ3v) is 5.98. The van der Waals surface area contributed by atoms with Gasteiger partial charge < -0.3 is 9.30 Å². The van der Waals surface area contributed by atoms with E-state index in [0.717, 1.165) is 11.3 Å². The molecule has 1 aliphatic rings. The Morgan fingerprint density at radius 3 is 2.61 bits per heavy atom. The molecular formula is C15H20N4O3S. The quantitative estimate of drug-likeness (QED) is 0.808. The van der Waals surface area contributed by atoms with E-state index in [4.69, 9.17) is 0 Å². The first-order valence-electron chi connectivity index (χ1n) is 7.68. The highest BCUT2D eigenvalue weighted by atomic mass is 32.2. The maximum Gasteiger partial charge on any atom is 0.228 e. The lowest BCUT2D eigenvalue weighted by molar-refractivity contribution is -0.131. The van der Waals surface area contributed by atoms with Crippen LogP contribution in [0.5, 0.6) is 0 Å². The molecule has 8 heteroatoms. The molecule has 2 aromatic rings. The molecule has 0 saturated carbocycles. The number of hydrogen-bond donors (Lipinski definition) is 0. The van der Waals surface area contributed by atoms with Gasteiger partial charge in [0.2, 0.25) is 15.9 Å². The zero-order valence-electron chi connectivity index (χ0n) is 13.1. The number of pyridine rings is 1. The van der Waals surface area contributed by atoms with Crippen LogP contribution in [0.1, 0.15) is 12.6 Å². The molecule has 3 rings (SSSR count). The number of aromatic nitrogens is 2. The lowest BCUT2D eigenvalue weighted by Crippen LogP contribution is -2.51. The van der Waals surface area contributed by atoms with Crippen molar-refractivity contribution in [1.29, 1.82) is 0 Å². The van der Waals surface area contributed by atoms with E-state index < -0.39 is 10.0 Å². The lowest BCUT2D eigenvalue weighted by Gasteiger charge is -2.33. The van der Waals surface area contributed by atoms with E-state index in [0.29, 0.717) is 26.2 Å². The summed E-state index contributed by atoms with van der Waals surface area (Å²) in [6.07, 6.45) is 3.98. The second kappa shape index (κ2) is 6.29. The van der Waals surface area contributed by atoms with Gasteiger partial charge in [0.1, 0.15) is 5.65 Å². The second-order valence-corrected chi connectivity index (χ2v) is 7.81. The van der Waals surface area contributed by atoms with E-state index in [1.807, 2.05) is 35.0 Å². The zero-order chi connectivity index (χ0) is 16.4. The SMILES string of the molecule is CCS(=O)(=O)N1CCN(C(=O)Cc2cn3ccccc3n2)CC1. The summed E-state index contributed by atoms with van der Waals surface area (Å²) in [6.45, 7) is 3.24. The van der Waals surface area contributed by atoms with Gasteiger partial charge in [-0.15, -0.1) is 0 Å². The number of piperazine rings is 1. The first-order chi connectivity index (χ1) is 11.0. The first kappa shape index (κ1) is 15.9. The Balaban J connectivity index is 1.61. The van der Waals surface area contributed by atoms with Crippen molar-refractivity contribution in [3.8, 4) is 0 Å². The number of fused-ring (bicyclic) bond motifs is 1. The third-order valence-electron chi connectivity index (χ3n) is 4.10. The maximum absolute atomic E-state index is 12.4. The third kappa shape index (κ3) is 3.37. The van der Waals surface area contributed by atoms with Crippen LogP contribution in [0.2, 0.25) is 0 Å². The van der Waals surface area contributed by atoms with Crippen molar-refractivity contribution in [2.24, 2.45) is 0 Å². The lowest BCUT2D eigenvalue weighted by atomic mass is 10.2. The fourth-order valence-corrected chi connectivity index (χ4v) is 3.82. The Labute approximate surface area is 135 Å². The van der Waals surface area contributed by atoms with Crippen LogP contribution in [0, 0.1) is 0 Å². The largest absolute Gasteiger partial charge is 0.340 e. The highest BCUT2D eigenvalue weighted by Crippen LogP contribution is 2.11. The van der Waals surface area contributed by atoms with Crippen LogP contribution in [0.15, 0.2) is 30.6 Å². The average Bonchev–Trinajstić information content (AvgIpc) is 2.97. The van der Waals surface area contributed by atoms with Gasteiger partial charge >= 0.3 is 0 Å². The molecule has 3 heterocycles. The van der Waals surface area contributed by atoms with Crippen LogP contribution in [0.4, 0.5) is 0 Å². The molecule has 124 valence electrons. The highest BCUT2D eigenvalue weighted by Gasteiger charge is 2.27. The van der Waals surface area contributed by atoms with Crippen molar-refractivity contribution in [3.05, 3.63) is 36.3 Å². The van der Waals surface area contributed by atoms with Gasteiger partial charge in [-0.1, -0.05) is 6.07 Å². The Bertz CT molecular complexity index is 774. The van der Waals surface area contributed by atoms with Crippen molar-refractivity contribution in [2.45, 2.75) is 13.3 Å². The predicted molar refractivity (Wildman–Crippen MR) is 86.5 cm³/mol. The molecule has 0 radical (unpaired) electrons. The molecule has 0 spiro atoms. The standard InChI is InChI=1S/C15H20N4O3S/c1-2-23(21,22)19-9-7-17(8-10-19)15(20)11-13-12-18-6-4-3-5-14(18)16-13/h3-6,12H,2,7-11H2,1H3. The van der Waals surface area contributed by atoms with Gasteiger partial charge in [0.25, 0.3) is 0 Å². The number of carbonyl (C=O) groups is 1. The van der Waals surface area contributed by atoms with Gasteiger partial charge in [0, 0.05) is 38.6 Å². The molecule has 0 aromatic carbocycles. The molecule has 1 fully saturated rings. The van der Waals surface area contributed by atoms with Gasteiger partial charge in [-0.05, 0) is 19.1 Å². The van der Waals surface area contributed by atoms with Crippen LogP contribution >= 0.6 is 0 Å². The minimum absolute atomic E-state index is 0.0121. The summed E-state index contributed by atoms with van der Waals surface area (Å²) < 4.78 is 27.0. The number of hydrogen-bond acceptors (Lipinski definition) is 4. The molecule has 0 N–H and O–H groups in total. The van der Waals surface area contributed by atoms with Crippen molar-refractivity contribution in [3.63, 3.8) is 0 Å². The van der Waals surface area contributed by atoms with E-state index in [-0.39, 0.29) is 18.1 Å². The molecule has 2 aromatic heterocycles. The Morgan fingerprint density at radius 1 is 1.22 bits per heavy atom. The number of nitrogens with zero attached hydrogens (tertiary/aromatic N) is 4. The predicted octanol–water partition coefficient (Wildman–Crippen LogP) is 0.371. The number of imidazole rings is 1. The Morgan fingerprint density at radius 2 is 1.96 bits per heavy atom. The molecule has 1 aliphatic heterocycles. The molecule has 0 atom stereocenters. The molecule has 0 unspecified atom stereocenters. The van der Waals surface area contributed by atoms with Crippen molar-refractivity contribution < 1.29 is 13.2 Å². The topological polar surface area (TPSA) is 75.0 Å². The minimum atomic E-state index is -3.17. The fourth-order valence-electron chi connectivity index (χ4n) is 2.74. The number of rotatable bonds is 4. The first-order valence-corrected chi connectivity index (χ1v) is 9.29. The van der Waals surface area contributed by atoms with Gasteiger partial charge in [-0.25, -0.2) is 13.4 Å². The van der Waals surface area contributed by atoms with Crippen LogP contribution in [-0.4, -0.2) is 64.8 Å². The molecule has 1 saturated heterocycles. The smallest absolute Gasteiger partial charge is 0.228 e.